The lowest BCUT2D eigenvalue weighted by atomic mass is 10.6. The number of hydrogen-bond acceptors (Lipinski definition) is 9. The molecule has 0 atom stereocenters. The van der Waals surface area contributed by atoms with Crippen molar-refractivity contribution >= 4 is 25.5 Å². The highest BCUT2D eigenvalue weighted by Gasteiger charge is 2.28. The molecule has 0 heterocycles. The van der Waals surface area contributed by atoms with Crippen LogP contribution in [0, 0.1) is 0 Å². The van der Waals surface area contributed by atoms with Gasteiger partial charge < -0.3 is 23.3 Å². The van der Waals surface area contributed by atoms with Gasteiger partial charge in [0.05, 0.1) is 20.3 Å². The lowest BCUT2D eigenvalue weighted by molar-refractivity contribution is -0.167. The Bertz CT molecular complexity index is 396. The minimum absolute atomic E-state index is 0.126. The van der Waals surface area contributed by atoms with Gasteiger partial charge in [0, 0.05) is 0 Å². The molecule has 0 aliphatic carbocycles. The molecule has 10 heteroatoms. The molecule has 9 nitrogen and oxygen atoms in total. The van der Waals surface area contributed by atoms with Gasteiger partial charge in [0.25, 0.3) is 0 Å². The van der Waals surface area contributed by atoms with E-state index in [1.807, 2.05) is 0 Å². The van der Waals surface area contributed by atoms with E-state index in [1.54, 1.807) is 13.8 Å². The fourth-order valence-electron chi connectivity index (χ4n) is 1.16. The van der Waals surface area contributed by atoms with E-state index < -0.39 is 31.7 Å². The first-order valence-electron chi connectivity index (χ1n) is 6.17. The summed E-state index contributed by atoms with van der Waals surface area (Å²) in [6.07, 6.45) is -0.542. The zero-order valence-corrected chi connectivity index (χ0v) is 13.1. The van der Waals surface area contributed by atoms with Gasteiger partial charge in [-0.05, 0) is 13.8 Å². The third kappa shape index (κ3) is 8.44. The summed E-state index contributed by atoms with van der Waals surface area (Å²) in [4.78, 5) is 33.0. The van der Waals surface area contributed by atoms with Crippen molar-refractivity contribution in [2.75, 3.05) is 39.7 Å². The number of carbonyl (C=O) groups excluding carboxylic acids is 3. The van der Waals surface area contributed by atoms with Gasteiger partial charge in [-0.3, -0.25) is 9.36 Å². The van der Waals surface area contributed by atoms with Crippen molar-refractivity contribution in [2.24, 2.45) is 0 Å². The van der Waals surface area contributed by atoms with Crippen LogP contribution in [0.25, 0.3) is 0 Å². The van der Waals surface area contributed by atoms with E-state index in [0.717, 1.165) is 7.11 Å². The highest BCUT2D eigenvalue weighted by molar-refractivity contribution is 7.54. The summed E-state index contributed by atoms with van der Waals surface area (Å²) in [6, 6.07) is 0. The topological polar surface area (TPSA) is 114 Å². The maximum absolute atomic E-state index is 12.0. The molecule has 0 amide bonds. The molecule has 0 spiro atoms. The molecule has 0 N–H and O–H groups in total. The van der Waals surface area contributed by atoms with Crippen LogP contribution in [0.5, 0.6) is 0 Å². The van der Waals surface area contributed by atoms with Gasteiger partial charge in [0.15, 0.2) is 0 Å². The maximum atomic E-state index is 12.0. The minimum Gasteiger partial charge on any atom is -0.462 e. The third-order valence-electron chi connectivity index (χ3n) is 1.91. The maximum Gasteiger partial charge on any atom is 0.417 e. The van der Waals surface area contributed by atoms with Gasteiger partial charge in [0.1, 0.15) is 19.4 Å². The van der Waals surface area contributed by atoms with Gasteiger partial charge in [-0.25, -0.2) is 9.59 Å². The van der Waals surface area contributed by atoms with Gasteiger partial charge in [0.2, 0.25) is 0 Å². The predicted octanol–water partition coefficient (Wildman–Crippen LogP) is 0.512. The van der Waals surface area contributed by atoms with E-state index in [2.05, 4.69) is 9.47 Å². The first-order valence-corrected chi connectivity index (χ1v) is 7.90. The lowest BCUT2D eigenvalue weighted by Crippen LogP contribution is -2.22. The predicted molar refractivity (Wildman–Crippen MR) is 69.7 cm³/mol. The van der Waals surface area contributed by atoms with Gasteiger partial charge in [-0.15, -0.1) is 0 Å². The summed E-state index contributed by atoms with van der Waals surface area (Å²) in [5, 5.41) is 0. The number of esters is 3. The molecule has 0 fully saturated rings. The number of methoxy groups -OCH3 is 1. The monoisotopic (exact) mass is 326 g/mol. The summed E-state index contributed by atoms with van der Waals surface area (Å²) in [5.41, 5.74) is 0. The number of carbonyl (C=O) groups is 3. The Hall–Kier alpha value is -1.44. The molecule has 0 aromatic rings. The van der Waals surface area contributed by atoms with Crippen LogP contribution in [-0.2, 0) is 42.2 Å². The molecule has 0 aliphatic heterocycles. The molecule has 0 radical (unpaired) electrons. The van der Waals surface area contributed by atoms with E-state index in [9.17, 15) is 18.9 Å². The van der Waals surface area contributed by atoms with E-state index in [4.69, 9.17) is 13.8 Å². The molecule has 0 aliphatic rings. The number of rotatable bonds is 9. The highest BCUT2D eigenvalue weighted by atomic mass is 31.2. The molecule has 0 aromatic carbocycles. The first-order chi connectivity index (χ1) is 9.88. The van der Waals surface area contributed by atoms with Gasteiger partial charge in [-0.2, -0.15) is 0 Å². The average molecular weight is 326 g/mol. The molecule has 0 bridgehead atoms. The second-order valence-corrected chi connectivity index (χ2v) is 5.51. The Kier molecular flexibility index (Phi) is 9.60. The molecule has 122 valence electrons. The molecule has 0 saturated carbocycles. The van der Waals surface area contributed by atoms with Crippen molar-refractivity contribution in [3.05, 3.63) is 0 Å². The molecular formula is C11H19O9P. The summed E-state index contributed by atoms with van der Waals surface area (Å²) in [7, 11) is -2.49. The van der Waals surface area contributed by atoms with Crippen LogP contribution in [0.1, 0.15) is 13.8 Å². The molecule has 0 rings (SSSR count). The first kappa shape index (κ1) is 19.6. The molecule has 0 unspecified atom stereocenters. The van der Waals surface area contributed by atoms with Crippen molar-refractivity contribution in [2.45, 2.75) is 13.8 Å². The quantitative estimate of drug-likeness (QED) is 0.196. The second-order valence-electron chi connectivity index (χ2n) is 3.45. The van der Waals surface area contributed by atoms with Crippen LogP contribution < -0.4 is 0 Å². The van der Waals surface area contributed by atoms with Crippen molar-refractivity contribution < 1.29 is 42.2 Å². The standard InChI is InChI=1S/C11H19O9P/c1-4-19-21(15,20-5-2)8-9(12)17-6-7-18-11(14)10(13)16-3/h4-8H2,1-3H3. The molecule has 21 heavy (non-hydrogen) atoms. The van der Waals surface area contributed by atoms with Gasteiger partial charge >= 0.3 is 25.5 Å². The number of hydrogen-bond donors (Lipinski definition) is 0. The van der Waals surface area contributed by atoms with E-state index in [1.165, 1.54) is 0 Å². The Labute approximate surface area is 122 Å². The van der Waals surface area contributed by atoms with Crippen molar-refractivity contribution in [1.29, 1.82) is 0 Å². The minimum atomic E-state index is -3.52. The summed E-state index contributed by atoms with van der Waals surface area (Å²) < 4.78 is 35.1. The fraction of sp³-hybridized carbons (Fsp3) is 0.727. The molecular weight excluding hydrogens is 307 g/mol. The average Bonchev–Trinajstić information content (AvgIpc) is 2.42. The summed E-state index contributed by atoms with van der Waals surface area (Å²) >= 11 is 0. The Morgan fingerprint density at radius 1 is 0.905 bits per heavy atom. The molecule has 0 aromatic heterocycles. The van der Waals surface area contributed by atoms with Crippen LogP contribution in [0.3, 0.4) is 0 Å². The second kappa shape index (κ2) is 10.3. The highest BCUT2D eigenvalue weighted by Crippen LogP contribution is 2.47. The fourth-order valence-corrected chi connectivity index (χ4v) is 2.61. The smallest absolute Gasteiger partial charge is 0.417 e. The van der Waals surface area contributed by atoms with Gasteiger partial charge in [-0.1, -0.05) is 0 Å². The lowest BCUT2D eigenvalue weighted by Gasteiger charge is -2.15. The van der Waals surface area contributed by atoms with Crippen LogP contribution in [0.2, 0.25) is 0 Å². The van der Waals surface area contributed by atoms with Crippen molar-refractivity contribution in [3.63, 3.8) is 0 Å². The van der Waals surface area contributed by atoms with Crippen LogP contribution in [-0.4, -0.2) is 57.6 Å². The van der Waals surface area contributed by atoms with E-state index in [-0.39, 0.29) is 26.4 Å². The van der Waals surface area contributed by atoms with Crippen LogP contribution >= 0.6 is 7.60 Å². The Morgan fingerprint density at radius 3 is 1.90 bits per heavy atom. The zero-order valence-electron chi connectivity index (χ0n) is 12.2. The Morgan fingerprint density at radius 2 is 1.43 bits per heavy atom. The third-order valence-corrected chi connectivity index (χ3v) is 3.85. The van der Waals surface area contributed by atoms with Crippen LogP contribution in [0.15, 0.2) is 0 Å². The SMILES string of the molecule is CCOP(=O)(CC(=O)OCCOC(=O)C(=O)OC)OCC. The Balaban J connectivity index is 4.06. The van der Waals surface area contributed by atoms with Crippen molar-refractivity contribution in [1.82, 2.24) is 0 Å². The van der Waals surface area contributed by atoms with Crippen LogP contribution in [0.4, 0.5) is 0 Å². The van der Waals surface area contributed by atoms with E-state index >= 15 is 0 Å². The van der Waals surface area contributed by atoms with E-state index in [0.29, 0.717) is 0 Å². The number of ether oxygens (including phenoxy) is 3. The summed E-state index contributed by atoms with van der Waals surface area (Å²) in [6.45, 7) is 2.86. The largest absolute Gasteiger partial charge is 0.462 e. The van der Waals surface area contributed by atoms with Crippen molar-refractivity contribution in [3.8, 4) is 0 Å². The normalized spacial score (nSPS) is 10.8. The zero-order chi connectivity index (χ0) is 16.3. The summed E-state index contributed by atoms with van der Waals surface area (Å²) in [5.74, 6) is -3.17. The molecule has 0 saturated heterocycles.